The molecule has 1 saturated heterocycles. The first-order valence-corrected chi connectivity index (χ1v) is 12.1. The summed E-state index contributed by atoms with van der Waals surface area (Å²) in [4.78, 5) is 15.4. The second-order valence-electron chi connectivity index (χ2n) is 9.76. The van der Waals surface area contributed by atoms with Gasteiger partial charge in [-0.15, -0.1) is 0 Å². The fourth-order valence-electron chi connectivity index (χ4n) is 6.02. The summed E-state index contributed by atoms with van der Waals surface area (Å²) < 4.78 is 11.2. The number of carbonyl (C=O) groups is 1. The summed E-state index contributed by atoms with van der Waals surface area (Å²) in [6.07, 6.45) is 8.27. The van der Waals surface area contributed by atoms with Crippen LogP contribution in [0.4, 0.5) is 0 Å². The van der Waals surface area contributed by atoms with Crippen LogP contribution in [-0.2, 0) is 17.6 Å². The second-order valence-corrected chi connectivity index (χ2v) is 9.76. The van der Waals surface area contributed by atoms with Gasteiger partial charge in [0.2, 0.25) is 0 Å². The van der Waals surface area contributed by atoms with Gasteiger partial charge in [0.25, 0.3) is 0 Å². The minimum Gasteiger partial charge on any atom is -0.504 e. The highest BCUT2D eigenvalue weighted by Gasteiger charge is 2.45. The van der Waals surface area contributed by atoms with E-state index in [0.717, 1.165) is 64.1 Å². The summed E-state index contributed by atoms with van der Waals surface area (Å²) in [6, 6.07) is 13.3. The number of phenols is 1. The van der Waals surface area contributed by atoms with Gasteiger partial charge in [-0.25, -0.2) is 0 Å². The Hall–Kier alpha value is -2.53. The molecule has 2 fully saturated rings. The molecule has 2 heterocycles. The molecule has 0 amide bonds. The molecule has 1 aliphatic carbocycles. The molecule has 5 nitrogen and oxygen atoms in total. The first kappa shape index (κ1) is 21.3. The minimum atomic E-state index is -0.216. The highest BCUT2D eigenvalue weighted by Crippen LogP contribution is 2.50. The highest BCUT2D eigenvalue weighted by atomic mass is 16.5. The Bertz CT molecular complexity index is 966. The number of hydrogen-bond donors (Lipinski definition) is 1. The molecule has 2 aliphatic heterocycles. The van der Waals surface area contributed by atoms with Crippen molar-refractivity contribution < 1.29 is 19.4 Å². The maximum absolute atomic E-state index is 12.8. The molecule has 0 radical (unpaired) electrons. The molecule has 5 rings (SSSR count). The van der Waals surface area contributed by atoms with Gasteiger partial charge in [-0.3, -0.25) is 4.79 Å². The van der Waals surface area contributed by atoms with Gasteiger partial charge in [0.15, 0.2) is 11.5 Å². The van der Waals surface area contributed by atoms with Crippen LogP contribution in [0.2, 0.25) is 0 Å². The van der Waals surface area contributed by atoms with Crippen LogP contribution in [0.1, 0.15) is 49.7 Å². The molecule has 0 unspecified atom stereocenters. The Morgan fingerprint density at radius 2 is 2.03 bits per heavy atom. The third kappa shape index (κ3) is 4.49. The van der Waals surface area contributed by atoms with Crippen LogP contribution in [0.3, 0.4) is 0 Å². The lowest BCUT2D eigenvalue weighted by atomic mass is 9.71. The number of hydrogen-bond acceptors (Lipinski definition) is 5. The van der Waals surface area contributed by atoms with Gasteiger partial charge in [0.05, 0.1) is 13.0 Å². The van der Waals surface area contributed by atoms with Crippen molar-refractivity contribution in [3.8, 4) is 17.2 Å². The van der Waals surface area contributed by atoms with E-state index in [1.807, 2.05) is 0 Å². The van der Waals surface area contributed by atoms with Gasteiger partial charge < -0.3 is 19.5 Å². The third-order valence-electron chi connectivity index (χ3n) is 7.79. The summed E-state index contributed by atoms with van der Waals surface area (Å²) in [6.45, 7) is 4.04. The number of nitrogens with zero attached hydrogens (tertiary/aromatic N) is 1. The standard InChI is InChI=1S/C27H33NO4/c29-23-5-1-2-6-25(23)32-26(30)18-27(12-3-4-13-27)22-10-15-28(19-22)14-9-20-7-8-24-21(17-20)11-16-31-24/h1-2,5-8,17,22,29H,3-4,9-16,18-19H2/t22-/m1/s1. The molecule has 1 N–H and O–H groups in total. The minimum absolute atomic E-state index is 0.0199. The molecule has 0 spiro atoms. The maximum Gasteiger partial charge on any atom is 0.311 e. The molecule has 3 aliphatic rings. The van der Waals surface area contributed by atoms with E-state index in [4.69, 9.17) is 9.47 Å². The largest absolute Gasteiger partial charge is 0.504 e. The van der Waals surface area contributed by atoms with Crippen molar-refractivity contribution in [2.24, 2.45) is 11.3 Å². The van der Waals surface area contributed by atoms with E-state index in [1.54, 1.807) is 24.3 Å². The van der Waals surface area contributed by atoms with Crippen molar-refractivity contribution in [2.75, 3.05) is 26.2 Å². The number of likely N-dealkylation sites (tertiary alicyclic amines) is 1. The van der Waals surface area contributed by atoms with Crippen LogP contribution in [0.5, 0.6) is 17.2 Å². The maximum atomic E-state index is 12.8. The molecule has 2 aromatic carbocycles. The van der Waals surface area contributed by atoms with E-state index in [2.05, 4.69) is 23.1 Å². The van der Waals surface area contributed by atoms with Crippen LogP contribution in [0.25, 0.3) is 0 Å². The van der Waals surface area contributed by atoms with Crippen LogP contribution in [-0.4, -0.2) is 42.2 Å². The molecular weight excluding hydrogens is 402 g/mol. The Morgan fingerprint density at radius 3 is 2.88 bits per heavy atom. The number of esters is 1. The Kier molecular flexibility index (Phi) is 6.09. The summed E-state index contributed by atoms with van der Waals surface area (Å²) in [7, 11) is 0. The average molecular weight is 436 g/mol. The van der Waals surface area contributed by atoms with Crippen molar-refractivity contribution in [3.63, 3.8) is 0 Å². The van der Waals surface area contributed by atoms with E-state index >= 15 is 0 Å². The average Bonchev–Trinajstić information content (AvgIpc) is 3.54. The van der Waals surface area contributed by atoms with E-state index in [1.165, 1.54) is 24.0 Å². The Balaban J connectivity index is 1.18. The molecule has 32 heavy (non-hydrogen) atoms. The van der Waals surface area contributed by atoms with Gasteiger partial charge in [-0.2, -0.15) is 0 Å². The Labute approximate surface area is 190 Å². The third-order valence-corrected chi connectivity index (χ3v) is 7.79. The second kappa shape index (κ2) is 9.14. The van der Waals surface area contributed by atoms with Crippen LogP contribution < -0.4 is 9.47 Å². The molecule has 5 heteroatoms. The van der Waals surface area contributed by atoms with Crippen molar-refractivity contribution >= 4 is 5.97 Å². The molecule has 1 saturated carbocycles. The number of aromatic hydroxyl groups is 1. The van der Waals surface area contributed by atoms with Crippen molar-refractivity contribution in [1.29, 1.82) is 0 Å². The number of fused-ring (bicyclic) bond motifs is 1. The van der Waals surface area contributed by atoms with Crippen LogP contribution in [0, 0.1) is 11.3 Å². The van der Waals surface area contributed by atoms with E-state index in [9.17, 15) is 9.90 Å². The fraction of sp³-hybridized carbons (Fsp3) is 0.519. The quantitative estimate of drug-likeness (QED) is 0.503. The normalized spacial score (nSPS) is 21.9. The zero-order chi connectivity index (χ0) is 22.0. The highest BCUT2D eigenvalue weighted by molar-refractivity contribution is 5.74. The number of para-hydroxylation sites is 2. The molecule has 0 aromatic heterocycles. The van der Waals surface area contributed by atoms with Gasteiger partial charge in [0.1, 0.15) is 5.75 Å². The first-order valence-electron chi connectivity index (χ1n) is 12.1. The van der Waals surface area contributed by atoms with Crippen LogP contribution >= 0.6 is 0 Å². The summed E-state index contributed by atoms with van der Waals surface area (Å²) in [5.74, 6) is 1.65. The van der Waals surface area contributed by atoms with Gasteiger partial charge in [-0.05, 0) is 72.9 Å². The van der Waals surface area contributed by atoms with Crippen molar-refractivity contribution in [1.82, 2.24) is 4.90 Å². The molecule has 0 bridgehead atoms. The topological polar surface area (TPSA) is 59.0 Å². The van der Waals surface area contributed by atoms with Crippen molar-refractivity contribution in [2.45, 2.75) is 51.4 Å². The summed E-state index contributed by atoms with van der Waals surface area (Å²) in [5, 5.41) is 9.94. The molecule has 1 atom stereocenters. The lowest BCUT2D eigenvalue weighted by Gasteiger charge is -2.34. The molecular formula is C27H33NO4. The van der Waals surface area contributed by atoms with Gasteiger partial charge >= 0.3 is 5.97 Å². The van der Waals surface area contributed by atoms with E-state index < -0.39 is 0 Å². The number of rotatable bonds is 7. The summed E-state index contributed by atoms with van der Waals surface area (Å²) >= 11 is 0. The number of phenolic OH excluding ortho intramolecular Hbond substituents is 1. The number of carbonyl (C=O) groups excluding carboxylic acids is 1. The monoisotopic (exact) mass is 435 g/mol. The number of ether oxygens (including phenoxy) is 2. The zero-order valence-corrected chi connectivity index (χ0v) is 18.7. The van der Waals surface area contributed by atoms with Crippen LogP contribution in [0.15, 0.2) is 42.5 Å². The Morgan fingerprint density at radius 1 is 1.19 bits per heavy atom. The fourth-order valence-corrected chi connectivity index (χ4v) is 6.02. The predicted molar refractivity (Wildman–Crippen MR) is 123 cm³/mol. The van der Waals surface area contributed by atoms with Gasteiger partial charge in [-0.1, -0.05) is 37.1 Å². The molecule has 170 valence electrons. The SMILES string of the molecule is O=C(CC1([C@@H]2CCN(CCc3ccc4c(c3)CCO4)C2)CCCC1)Oc1ccccc1O. The lowest BCUT2D eigenvalue weighted by molar-refractivity contribution is -0.138. The number of benzene rings is 2. The predicted octanol–water partition coefficient (Wildman–Crippen LogP) is 4.75. The van der Waals surface area contributed by atoms with Gasteiger partial charge in [0, 0.05) is 19.5 Å². The lowest BCUT2D eigenvalue weighted by Crippen LogP contribution is -2.34. The van der Waals surface area contributed by atoms with Crippen molar-refractivity contribution in [3.05, 3.63) is 53.6 Å². The zero-order valence-electron chi connectivity index (χ0n) is 18.7. The van der Waals surface area contributed by atoms with E-state index in [0.29, 0.717) is 12.3 Å². The summed E-state index contributed by atoms with van der Waals surface area (Å²) in [5.41, 5.74) is 2.77. The van der Waals surface area contributed by atoms with E-state index in [-0.39, 0.29) is 22.9 Å². The smallest absolute Gasteiger partial charge is 0.311 e. The first-order chi connectivity index (χ1) is 15.6. The molecule has 2 aromatic rings.